The van der Waals surface area contributed by atoms with Gasteiger partial charge in [-0.3, -0.25) is 4.79 Å². The number of thiol groups is 1. The van der Waals surface area contributed by atoms with Gasteiger partial charge >= 0.3 is 0 Å². The molecule has 0 saturated heterocycles. The first-order valence-electron chi connectivity index (χ1n) is 9.85. The molecule has 3 aromatic carbocycles. The van der Waals surface area contributed by atoms with Gasteiger partial charge in [0.05, 0.1) is 23.2 Å². The summed E-state index contributed by atoms with van der Waals surface area (Å²) in [6.07, 6.45) is 1.58. The zero-order valence-corrected chi connectivity index (χ0v) is 17.8. The maximum absolute atomic E-state index is 13.6. The molecule has 0 aliphatic heterocycles. The lowest BCUT2D eigenvalue weighted by molar-refractivity contribution is 0.614. The van der Waals surface area contributed by atoms with Crippen molar-refractivity contribution in [2.75, 3.05) is 0 Å². The molecule has 0 aliphatic carbocycles. The van der Waals surface area contributed by atoms with Crippen LogP contribution in [0, 0.1) is 5.82 Å². The second kappa shape index (κ2) is 9.25. The maximum Gasteiger partial charge on any atom is 0.279 e. The Morgan fingerprint density at radius 3 is 2.25 bits per heavy atom. The summed E-state index contributed by atoms with van der Waals surface area (Å²) in [6, 6.07) is 19.8. The minimum atomic E-state index is -2.54. The normalized spacial score (nSPS) is 11.1. The van der Waals surface area contributed by atoms with Gasteiger partial charge < -0.3 is 5.73 Å². The smallest absolute Gasteiger partial charge is 0.279 e. The number of nitrogens with two attached hydrogens (primary N) is 1. The largest absolute Gasteiger partial charge is 0.326 e. The Morgan fingerprint density at radius 2 is 1.59 bits per heavy atom. The lowest BCUT2D eigenvalue weighted by atomic mass is 9.96. The van der Waals surface area contributed by atoms with Crippen molar-refractivity contribution in [2.45, 2.75) is 12.3 Å². The monoisotopic (exact) mass is 449 g/mol. The van der Waals surface area contributed by atoms with Gasteiger partial charge in [-0.25, -0.2) is 12.8 Å². The average Bonchev–Trinajstić information content (AvgIpc) is 2.80. The van der Waals surface area contributed by atoms with Gasteiger partial charge in [-0.15, -0.1) is 0 Å². The molecule has 0 radical (unpaired) electrons. The minimum Gasteiger partial charge on any atom is -0.326 e. The van der Waals surface area contributed by atoms with Crippen molar-refractivity contribution in [1.82, 2.24) is 9.78 Å². The second-order valence-electron chi connectivity index (χ2n) is 7.22. The Hall–Kier alpha value is -3.62. The van der Waals surface area contributed by atoms with Crippen LogP contribution in [0.4, 0.5) is 4.39 Å². The van der Waals surface area contributed by atoms with Crippen molar-refractivity contribution in [3.63, 3.8) is 0 Å². The van der Waals surface area contributed by atoms with E-state index in [0.29, 0.717) is 40.0 Å². The SMILES string of the molecule is NCc1cccc(-n2ncc(-c3ccc(C[SH](=O)=O)cc3)c(-c3ccc(F)cc3)c2=O)c1. The molecule has 32 heavy (non-hydrogen) atoms. The van der Waals surface area contributed by atoms with Gasteiger partial charge in [0, 0.05) is 12.1 Å². The van der Waals surface area contributed by atoms with Crippen LogP contribution in [0.1, 0.15) is 11.1 Å². The zero-order chi connectivity index (χ0) is 22.7. The van der Waals surface area contributed by atoms with E-state index in [1.165, 1.54) is 16.8 Å². The summed E-state index contributed by atoms with van der Waals surface area (Å²) < 4.78 is 36.8. The van der Waals surface area contributed by atoms with Crippen LogP contribution in [0.15, 0.2) is 83.8 Å². The van der Waals surface area contributed by atoms with Crippen molar-refractivity contribution in [2.24, 2.45) is 5.73 Å². The van der Waals surface area contributed by atoms with E-state index in [9.17, 15) is 17.6 Å². The second-order valence-corrected chi connectivity index (χ2v) is 8.20. The number of halogens is 1. The molecule has 0 spiro atoms. The predicted molar refractivity (Wildman–Crippen MR) is 123 cm³/mol. The summed E-state index contributed by atoms with van der Waals surface area (Å²) in [5, 5.41) is 4.37. The van der Waals surface area contributed by atoms with Crippen LogP contribution in [0.25, 0.3) is 27.9 Å². The number of benzene rings is 3. The summed E-state index contributed by atoms with van der Waals surface area (Å²) in [4.78, 5) is 13.6. The van der Waals surface area contributed by atoms with Gasteiger partial charge in [-0.2, -0.15) is 9.78 Å². The van der Waals surface area contributed by atoms with Crippen LogP contribution in [0.3, 0.4) is 0 Å². The molecule has 1 aromatic heterocycles. The molecule has 0 aliphatic rings. The van der Waals surface area contributed by atoms with Crippen LogP contribution in [0.2, 0.25) is 0 Å². The third kappa shape index (κ3) is 4.51. The molecular weight excluding hydrogens is 429 g/mol. The van der Waals surface area contributed by atoms with Gasteiger partial charge in [0.25, 0.3) is 5.56 Å². The van der Waals surface area contributed by atoms with E-state index < -0.39 is 16.5 Å². The average molecular weight is 450 g/mol. The first kappa shape index (κ1) is 21.6. The lowest BCUT2D eigenvalue weighted by Gasteiger charge is -2.13. The Labute approximate surface area is 185 Å². The van der Waals surface area contributed by atoms with E-state index in [-0.39, 0.29) is 11.3 Å². The Morgan fingerprint density at radius 1 is 0.906 bits per heavy atom. The topological polar surface area (TPSA) is 95.1 Å². The molecule has 162 valence electrons. The van der Waals surface area contributed by atoms with Crippen LogP contribution in [0.5, 0.6) is 0 Å². The molecule has 4 aromatic rings. The van der Waals surface area contributed by atoms with Gasteiger partial charge in [-0.05, 0) is 46.5 Å². The van der Waals surface area contributed by atoms with Crippen LogP contribution in [-0.4, -0.2) is 18.2 Å². The third-order valence-electron chi connectivity index (χ3n) is 5.08. The molecule has 1 heterocycles. The number of hydrogen-bond donors (Lipinski definition) is 2. The highest BCUT2D eigenvalue weighted by atomic mass is 32.2. The highest BCUT2D eigenvalue weighted by Crippen LogP contribution is 2.29. The first-order chi connectivity index (χ1) is 15.5. The summed E-state index contributed by atoms with van der Waals surface area (Å²) >= 11 is 0. The molecule has 0 amide bonds. The highest BCUT2D eigenvalue weighted by Gasteiger charge is 2.16. The van der Waals surface area contributed by atoms with Crippen LogP contribution in [-0.2, 0) is 23.0 Å². The van der Waals surface area contributed by atoms with Crippen LogP contribution < -0.4 is 11.3 Å². The van der Waals surface area contributed by atoms with E-state index in [1.807, 2.05) is 6.07 Å². The van der Waals surface area contributed by atoms with Gasteiger partial charge in [0.15, 0.2) is 0 Å². The third-order valence-corrected chi connectivity index (χ3v) is 5.70. The highest BCUT2D eigenvalue weighted by molar-refractivity contribution is 7.71. The van der Waals surface area contributed by atoms with Crippen molar-refractivity contribution in [3.8, 4) is 27.9 Å². The molecule has 0 bridgehead atoms. The Kier molecular flexibility index (Phi) is 6.25. The fourth-order valence-corrected chi connectivity index (χ4v) is 4.01. The van der Waals surface area contributed by atoms with E-state index in [4.69, 9.17) is 5.73 Å². The molecule has 2 N–H and O–H groups in total. The predicted octanol–water partition coefficient (Wildman–Crippen LogP) is 3.28. The zero-order valence-electron chi connectivity index (χ0n) is 16.9. The van der Waals surface area contributed by atoms with Crippen molar-refractivity contribution in [1.29, 1.82) is 0 Å². The number of aromatic nitrogens is 2. The quantitative estimate of drug-likeness (QED) is 0.441. The van der Waals surface area contributed by atoms with Crippen molar-refractivity contribution in [3.05, 3.63) is 106 Å². The van der Waals surface area contributed by atoms with Gasteiger partial charge in [-0.1, -0.05) is 48.5 Å². The van der Waals surface area contributed by atoms with E-state index in [1.54, 1.807) is 60.8 Å². The number of nitrogens with zero attached hydrogens (tertiary/aromatic N) is 2. The summed E-state index contributed by atoms with van der Waals surface area (Å²) in [7, 11) is -2.54. The standard InChI is InChI=1S/C24H20FN3O3S/c25-20-10-8-19(9-11-20)23-22(18-6-4-16(5-7-18)15-32(30)31)14-27-28(24(23)29)21-3-1-2-17(12-21)13-26/h1-12,14,32H,13,15,26H2. The Bertz CT molecular complexity index is 1390. The van der Waals surface area contributed by atoms with Gasteiger partial charge in [0.2, 0.25) is 0 Å². The number of rotatable bonds is 6. The number of hydrogen-bond acceptors (Lipinski definition) is 5. The fourth-order valence-electron chi connectivity index (χ4n) is 3.51. The van der Waals surface area contributed by atoms with Crippen molar-refractivity contribution >= 4 is 10.7 Å². The molecule has 8 heteroatoms. The molecule has 0 saturated carbocycles. The molecule has 6 nitrogen and oxygen atoms in total. The summed E-state index contributed by atoms with van der Waals surface area (Å²) in [6.45, 7) is 0.326. The lowest BCUT2D eigenvalue weighted by Crippen LogP contribution is -2.23. The van der Waals surface area contributed by atoms with E-state index in [0.717, 1.165) is 5.56 Å². The molecule has 4 rings (SSSR count). The summed E-state index contributed by atoms with van der Waals surface area (Å²) in [5.41, 5.74) is 9.61. The molecule has 0 unspecified atom stereocenters. The van der Waals surface area contributed by atoms with E-state index >= 15 is 0 Å². The van der Waals surface area contributed by atoms with Crippen molar-refractivity contribution < 1.29 is 12.8 Å². The van der Waals surface area contributed by atoms with Gasteiger partial charge in [0.1, 0.15) is 16.5 Å². The Balaban J connectivity index is 1.91. The molecule has 0 atom stereocenters. The minimum absolute atomic E-state index is 0.0578. The first-order valence-corrected chi connectivity index (χ1v) is 11.2. The summed E-state index contributed by atoms with van der Waals surface area (Å²) in [5.74, 6) is -0.464. The maximum atomic E-state index is 13.6. The molecule has 0 fully saturated rings. The van der Waals surface area contributed by atoms with Crippen LogP contribution >= 0.6 is 0 Å². The fraction of sp³-hybridized carbons (Fsp3) is 0.0833. The van der Waals surface area contributed by atoms with E-state index in [2.05, 4.69) is 5.10 Å². The molecular formula is C24H20FN3O3S.